The van der Waals surface area contributed by atoms with Gasteiger partial charge in [-0.2, -0.15) is 5.26 Å². The van der Waals surface area contributed by atoms with E-state index in [0.717, 1.165) is 48.5 Å². The standard InChI is InChI=1S/C22H27N5OS/c1-28-16-27-19-14-18(5-6-20(19)29-22-21(27)24-10-11-25-22)15-26-12-7-17(8-13-26)4-2-3-9-23/h5-6,10-11,14,17H,2-4,7-8,12-13,15-16H2,1H3. The highest BCUT2D eigenvalue weighted by Crippen LogP contribution is 2.46. The molecule has 0 atom stereocenters. The maximum Gasteiger partial charge on any atom is 0.168 e. The van der Waals surface area contributed by atoms with Gasteiger partial charge in [0.1, 0.15) is 11.8 Å². The molecule has 152 valence electrons. The van der Waals surface area contributed by atoms with Gasteiger partial charge in [0.05, 0.1) is 11.8 Å². The monoisotopic (exact) mass is 409 g/mol. The third kappa shape index (κ3) is 4.72. The van der Waals surface area contributed by atoms with Gasteiger partial charge < -0.3 is 4.74 Å². The lowest BCUT2D eigenvalue weighted by Gasteiger charge is -2.33. The van der Waals surface area contributed by atoms with Gasteiger partial charge in [-0.25, -0.2) is 9.97 Å². The molecule has 0 N–H and O–H groups in total. The van der Waals surface area contributed by atoms with Crippen LogP contribution < -0.4 is 4.90 Å². The largest absolute Gasteiger partial charge is 0.364 e. The summed E-state index contributed by atoms with van der Waals surface area (Å²) in [6.07, 6.45) is 8.89. The Labute approximate surface area is 176 Å². The number of fused-ring (bicyclic) bond motifs is 2. The number of hydrogen-bond acceptors (Lipinski definition) is 7. The molecule has 1 aromatic heterocycles. The minimum atomic E-state index is 0.455. The molecule has 1 aromatic carbocycles. The average molecular weight is 410 g/mol. The second kappa shape index (κ2) is 9.57. The summed E-state index contributed by atoms with van der Waals surface area (Å²) in [5.74, 6) is 1.65. The van der Waals surface area contributed by atoms with Crippen molar-refractivity contribution in [2.24, 2.45) is 5.92 Å². The first-order valence-electron chi connectivity index (χ1n) is 10.3. The van der Waals surface area contributed by atoms with Crippen LogP contribution >= 0.6 is 11.8 Å². The van der Waals surface area contributed by atoms with E-state index in [4.69, 9.17) is 10.00 Å². The molecule has 2 aliphatic heterocycles. The molecule has 0 radical (unpaired) electrons. The minimum Gasteiger partial charge on any atom is -0.364 e. The van der Waals surface area contributed by atoms with E-state index < -0.39 is 0 Å². The molecule has 7 heteroatoms. The van der Waals surface area contributed by atoms with Crippen LogP contribution in [0.5, 0.6) is 0 Å². The summed E-state index contributed by atoms with van der Waals surface area (Å²) in [4.78, 5) is 14.9. The Bertz CT molecular complexity index is 876. The van der Waals surface area contributed by atoms with Gasteiger partial charge in [-0.3, -0.25) is 9.80 Å². The number of piperidine rings is 1. The molecule has 0 saturated carbocycles. The van der Waals surface area contributed by atoms with Crippen LogP contribution in [0.15, 0.2) is 40.5 Å². The smallest absolute Gasteiger partial charge is 0.168 e. The fraction of sp³-hybridized carbons (Fsp3) is 0.500. The fourth-order valence-electron chi connectivity index (χ4n) is 4.17. The van der Waals surface area contributed by atoms with Crippen LogP contribution in [-0.2, 0) is 11.3 Å². The quantitative estimate of drug-likeness (QED) is 0.620. The van der Waals surface area contributed by atoms with E-state index in [9.17, 15) is 0 Å². The van der Waals surface area contributed by atoms with Gasteiger partial charge in [0.2, 0.25) is 0 Å². The van der Waals surface area contributed by atoms with Gasteiger partial charge in [0, 0.05) is 37.4 Å². The zero-order valence-corrected chi connectivity index (χ0v) is 17.7. The van der Waals surface area contributed by atoms with E-state index in [1.54, 1.807) is 31.3 Å². The molecular formula is C22H27N5OS. The number of unbranched alkanes of at least 4 members (excludes halogenated alkanes) is 1. The van der Waals surface area contributed by atoms with E-state index in [2.05, 4.69) is 44.0 Å². The molecular weight excluding hydrogens is 382 g/mol. The van der Waals surface area contributed by atoms with E-state index in [1.165, 1.54) is 29.7 Å². The molecule has 3 heterocycles. The van der Waals surface area contributed by atoms with Crippen molar-refractivity contribution in [1.29, 1.82) is 5.26 Å². The van der Waals surface area contributed by atoms with Crippen LogP contribution in [0.4, 0.5) is 11.5 Å². The van der Waals surface area contributed by atoms with Gasteiger partial charge in [0.25, 0.3) is 0 Å². The van der Waals surface area contributed by atoms with Crippen LogP contribution in [-0.4, -0.2) is 41.8 Å². The van der Waals surface area contributed by atoms with Crippen LogP contribution in [0.25, 0.3) is 0 Å². The summed E-state index contributed by atoms with van der Waals surface area (Å²) in [6.45, 7) is 3.70. The number of anilines is 2. The van der Waals surface area contributed by atoms with Crippen molar-refractivity contribution in [2.45, 2.75) is 48.6 Å². The van der Waals surface area contributed by atoms with Gasteiger partial charge in [0.15, 0.2) is 5.82 Å². The molecule has 0 unspecified atom stereocenters. The Morgan fingerprint density at radius 2 is 2.07 bits per heavy atom. The lowest BCUT2D eigenvalue weighted by molar-refractivity contribution is 0.171. The highest BCUT2D eigenvalue weighted by atomic mass is 32.2. The van der Waals surface area contributed by atoms with Crippen molar-refractivity contribution in [3.63, 3.8) is 0 Å². The normalized spacial score (nSPS) is 16.9. The predicted molar refractivity (Wildman–Crippen MR) is 114 cm³/mol. The van der Waals surface area contributed by atoms with Crippen LogP contribution in [0.3, 0.4) is 0 Å². The Kier molecular flexibility index (Phi) is 6.65. The number of nitrogens with zero attached hydrogens (tertiary/aromatic N) is 5. The molecule has 1 saturated heterocycles. The number of aromatic nitrogens is 2. The number of hydrogen-bond donors (Lipinski definition) is 0. The first-order chi connectivity index (χ1) is 14.3. The molecule has 0 bridgehead atoms. The van der Waals surface area contributed by atoms with Crippen LogP contribution in [0, 0.1) is 17.2 Å². The third-order valence-electron chi connectivity index (χ3n) is 5.70. The zero-order valence-electron chi connectivity index (χ0n) is 16.9. The molecule has 1 fully saturated rings. The number of nitriles is 1. The summed E-state index contributed by atoms with van der Waals surface area (Å²) < 4.78 is 5.46. The summed E-state index contributed by atoms with van der Waals surface area (Å²) in [6, 6.07) is 8.97. The number of methoxy groups -OCH3 is 1. The maximum atomic E-state index is 8.71. The molecule has 2 aliphatic rings. The van der Waals surface area contributed by atoms with Crippen molar-refractivity contribution in [2.75, 3.05) is 31.8 Å². The molecule has 0 aliphatic carbocycles. The van der Waals surface area contributed by atoms with Gasteiger partial charge in [-0.15, -0.1) is 0 Å². The SMILES string of the molecule is COCN1c2cc(CN3CCC(CCCC#N)CC3)ccc2Sc2nccnc21. The average Bonchev–Trinajstić information content (AvgIpc) is 2.75. The highest BCUT2D eigenvalue weighted by Gasteiger charge is 2.26. The van der Waals surface area contributed by atoms with Crippen LogP contribution in [0.2, 0.25) is 0 Å². The van der Waals surface area contributed by atoms with E-state index in [0.29, 0.717) is 13.2 Å². The lowest BCUT2D eigenvalue weighted by atomic mass is 9.91. The first kappa shape index (κ1) is 20.1. The van der Waals surface area contributed by atoms with Gasteiger partial charge >= 0.3 is 0 Å². The Morgan fingerprint density at radius 1 is 1.24 bits per heavy atom. The Balaban J connectivity index is 1.43. The van der Waals surface area contributed by atoms with Gasteiger partial charge in [-0.1, -0.05) is 17.8 Å². The first-order valence-corrected chi connectivity index (χ1v) is 11.1. The van der Waals surface area contributed by atoms with Crippen molar-refractivity contribution in [3.8, 4) is 6.07 Å². The Morgan fingerprint density at radius 3 is 2.86 bits per heavy atom. The van der Waals surface area contributed by atoms with E-state index in [-0.39, 0.29) is 0 Å². The van der Waals surface area contributed by atoms with Crippen LogP contribution in [0.1, 0.15) is 37.7 Å². The number of rotatable bonds is 7. The minimum absolute atomic E-state index is 0.455. The summed E-state index contributed by atoms with van der Waals surface area (Å²) in [7, 11) is 1.71. The second-order valence-electron chi connectivity index (χ2n) is 7.70. The highest BCUT2D eigenvalue weighted by molar-refractivity contribution is 7.99. The molecule has 0 amide bonds. The molecule has 0 spiro atoms. The molecule has 4 rings (SSSR count). The molecule has 29 heavy (non-hydrogen) atoms. The van der Waals surface area contributed by atoms with E-state index in [1.807, 2.05) is 0 Å². The number of benzene rings is 1. The fourth-order valence-corrected chi connectivity index (χ4v) is 5.16. The van der Waals surface area contributed by atoms with Crippen molar-refractivity contribution in [1.82, 2.24) is 14.9 Å². The summed E-state index contributed by atoms with van der Waals surface area (Å²) >= 11 is 1.67. The second-order valence-corrected chi connectivity index (χ2v) is 8.74. The van der Waals surface area contributed by atoms with Crippen molar-refractivity contribution < 1.29 is 4.74 Å². The predicted octanol–water partition coefficient (Wildman–Crippen LogP) is 4.59. The third-order valence-corrected chi connectivity index (χ3v) is 6.74. The lowest BCUT2D eigenvalue weighted by Crippen LogP contribution is -2.33. The summed E-state index contributed by atoms with van der Waals surface area (Å²) in [5.41, 5.74) is 2.47. The maximum absolute atomic E-state index is 8.71. The Hall–Kier alpha value is -2.14. The van der Waals surface area contributed by atoms with Crippen molar-refractivity contribution >= 4 is 23.3 Å². The van der Waals surface area contributed by atoms with Gasteiger partial charge in [-0.05, 0) is 62.4 Å². The summed E-state index contributed by atoms with van der Waals surface area (Å²) in [5, 5.41) is 9.63. The van der Waals surface area contributed by atoms with E-state index >= 15 is 0 Å². The number of likely N-dealkylation sites (tertiary alicyclic amines) is 1. The zero-order chi connectivity index (χ0) is 20.1. The molecule has 6 nitrogen and oxygen atoms in total. The number of ether oxygens (including phenoxy) is 1. The topological polar surface area (TPSA) is 65.3 Å². The van der Waals surface area contributed by atoms with Crippen molar-refractivity contribution in [3.05, 3.63) is 36.2 Å². The molecule has 2 aromatic rings.